The first-order chi connectivity index (χ1) is 9.88. The van der Waals surface area contributed by atoms with Gasteiger partial charge in [0.2, 0.25) is 11.8 Å². The molecule has 21 heavy (non-hydrogen) atoms. The predicted molar refractivity (Wildman–Crippen MR) is 66.6 cm³/mol. The normalized spacial score (nSPS) is 11.2. The number of halogens is 3. The summed E-state index contributed by atoms with van der Waals surface area (Å²) in [6.45, 7) is -0.331. The number of carbonyl (C=O) groups is 1. The highest BCUT2D eigenvalue weighted by atomic mass is 19.4. The summed E-state index contributed by atoms with van der Waals surface area (Å²) in [5.41, 5.74) is -0.634. The molecular weight excluding hydrogens is 289 g/mol. The Morgan fingerprint density at radius 1 is 1.38 bits per heavy atom. The van der Waals surface area contributed by atoms with Crippen molar-refractivity contribution in [2.24, 2.45) is 0 Å². The molecule has 0 unspecified atom stereocenters. The van der Waals surface area contributed by atoms with Gasteiger partial charge in [0, 0.05) is 12.3 Å². The van der Waals surface area contributed by atoms with Crippen molar-refractivity contribution in [2.75, 3.05) is 12.4 Å². The molecule has 2 heterocycles. The maximum Gasteiger partial charge on any atom is 0.435 e. The summed E-state index contributed by atoms with van der Waals surface area (Å²) in [6, 6.07) is 3.92. The molecule has 1 amide bonds. The van der Waals surface area contributed by atoms with Gasteiger partial charge in [0.15, 0.2) is 5.69 Å². The molecule has 0 radical (unpaired) electrons. The number of aromatic nitrogens is 3. The van der Waals surface area contributed by atoms with E-state index in [9.17, 15) is 18.0 Å². The topological polar surface area (TPSA) is 69.0 Å². The van der Waals surface area contributed by atoms with E-state index in [2.05, 4.69) is 15.4 Å². The van der Waals surface area contributed by atoms with Gasteiger partial charge < -0.3 is 10.1 Å². The van der Waals surface area contributed by atoms with Gasteiger partial charge in [-0.15, -0.1) is 0 Å². The number of carbonyl (C=O) groups excluding carboxylic acids is 1. The number of nitrogens with zero attached hydrogens (tertiary/aromatic N) is 3. The van der Waals surface area contributed by atoms with Gasteiger partial charge in [-0.05, 0) is 12.1 Å². The molecule has 2 rings (SSSR count). The van der Waals surface area contributed by atoms with Crippen LogP contribution in [0.5, 0.6) is 5.88 Å². The highest BCUT2D eigenvalue weighted by molar-refractivity contribution is 5.90. The second-order valence-electron chi connectivity index (χ2n) is 4.03. The van der Waals surface area contributed by atoms with Crippen molar-refractivity contribution in [2.45, 2.75) is 12.7 Å². The Labute approximate surface area is 117 Å². The quantitative estimate of drug-likeness (QED) is 0.937. The second-order valence-corrected chi connectivity index (χ2v) is 4.03. The number of rotatable bonds is 4. The van der Waals surface area contributed by atoms with Crippen LogP contribution in [-0.2, 0) is 17.5 Å². The summed E-state index contributed by atoms with van der Waals surface area (Å²) in [5, 5.41) is 5.78. The molecular formula is C12H11F3N4O2. The summed E-state index contributed by atoms with van der Waals surface area (Å²) in [5.74, 6) is -0.131. The van der Waals surface area contributed by atoms with Crippen LogP contribution >= 0.6 is 0 Å². The SMILES string of the molecule is COc1ccc(NC(=O)Cn2ccc(C(F)(F)F)n2)cn1. The van der Waals surface area contributed by atoms with E-state index in [1.165, 1.54) is 13.3 Å². The van der Waals surface area contributed by atoms with Gasteiger partial charge in [0.05, 0.1) is 19.0 Å². The van der Waals surface area contributed by atoms with Crippen LogP contribution in [0.2, 0.25) is 0 Å². The molecule has 0 aromatic carbocycles. The molecule has 6 nitrogen and oxygen atoms in total. The van der Waals surface area contributed by atoms with Gasteiger partial charge in [0.1, 0.15) is 6.54 Å². The Morgan fingerprint density at radius 2 is 2.14 bits per heavy atom. The van der Waals surface area contributed by atoms with Gasteiger partial charge in [-0.25, -0.2) is 4.98 Å². The molecule has 2 aromatic rings. The molecule has 9 heteroatoms. The lowest BCUT2D eigenvalue weighted by Gasteiger charge is -2.06. The minimum absolute atomic E-state index is 0.331. The van der Waals surface area contributed by atoms with Crippen molar-refractivity contribution in [1.29, 1.82) is 0 Å². The van der Waals surface area contributed by atoms with Crippen LogP contribution < -0.4 is 10.1 Å². The Balaban J connectivity index is 1.96. The molecule has 0 aliphatic carbocycles. The lowest BCUT2D eigenvalue weighted by Crippen LogP contribution is -2.19. The Bertz CT molecular complexity index is 622. The maximum absolute atomic E-state index is 12.4. The van der Waals surface area contributed by atoms with Gasteiger partial charge in [0.25, 0.3) is 0 Å². The van der Waals surface area contributed by atoms with Crippen LogP contribution in [0.4, 0.5) is 18.9 Å². The molecule has 0 spiro atoms. The van der Waals surface area contributed by atoms with E-state index in [-0.39, 0.29) is 6.54 Å². The third-order valence-electron chi connectivity index (χ3n) is 2.47. The summed E-state index contributed by atoms with van der Waals surface area (Å²) in [7, 11) is 1.45. The molecule has 0 atom stereocenters. The van der Waals surface area contributed by atoms with Crippen LogP contribution in [0.3, 0.4) is 0 Å². The Kier molecular flexibility index (Phi) is 4.10. The van der Waals surface area contributed by atoms with E-state index in [0.717, 1.165) is 16.9 Å². The van der Waals surface area contributed by atoms with E-state index in [1.807, 2.05) is 0 Å². The van der Waals surface area contributed by atoms with Crippen LogP contribution in [0.1, 0.15) is 5.69 Å². The average molecular weight is 300 g/mol. The second kappa shape index (κ2) is 5.81. The number of anilines is 1. The van der Waals surface area contributed by atoms with Crippen molar-refractivity contribution in [1.82, 2.24) is 14.8 Å². The largest absolute Gasteiger partial charge is 0.481 e. The summed E-state index contributed by atoms with van der Waals surface area (Å²) < 4.78 is 42.9. The fourth-order valence-electron chi connectivity index (χ4n) is 1.52. The molecule has 0 aliphatic rings. The highest BCUT2D eigenvalue weighted by Gasteiger charge is 2.33. The number of amides is 1. The number of alkyl halides is 3. The van der Waals surface area contributed by atoms with Gasteiger partial charge in [-0.1, -0.05) is 0 Å². The summed E-state index contributed by atoms with van der Waals surface area (Å²) in [6.07, 6.45) is -2.06. The number of methoxy groups -OCH3 is 1. The van der Waals surface area contributed by atoms with E-state index in [0.29, 0.717) is 11.6 Å². The minimum atomic E-state index is -4.53. The predicted octanol–water partition coefficient (Wildman–Crippen LogP) is 1.94. The van der Waals surface area contributed by atoms with E-state index in [1.54, 1.807) is 12.1 Å². The number of ether oxygens (including phenoxy) is 1. The third kappa shape index (κ3) is 3.94. The van der Waals surface area contributed by atoms with Crippen LogP contribution in [0.25, 0.3) is 0 Å². The van der Waals surface area contributed by atoms with Crippen LogP contribution in [-0.4, -0.2) is 27.8 Å². The third-order valence-corrected chi connectivity index (χ3v) is 2.47. The first-order valence-electron chi connectivity index (χ1n) is 5.79. The van der Waals surface area contributed by atoms with Crippen molar-refractivity contribution in [3.05, 3.63) is 36.3 Å². The summed E-state index contributed by atoms with van der Waals surface area (Å²) >= 11 is 0. The average Bonchev–Trinajstić information content (AvgIpc) is 2.88. The lowest BCUT2D eigenvalue weighted by atomic mass is 10.4. The van der Waals surface area contributed by atoms with Gasteiger partial charge in [-0.2, -0.15) is 18.3 Å². The van der Waals surface area contributed by atoms with Crippen molar-refractivity contribution in [3.8, 4) is 5.88 Å². The highest BCUT2D eigenvalue weighted by Crippen LogP contribution is 2.27. The van der Waals surface area contributed by atoms with E-state index in [4.69, 9.17) is 4.74 Å². The Morgan fingerprint density at radius 3 is 2.67 bits per heavy atom. The first kappa shape index (κ1) is 14.8. The van der Waals surface area contributed by atoms with Gasteiger partial charge >= 0.3 is 6.18 Å². The number of hydrogen-bond acceptors (Lipinski definition) is 4. The fourth-order valence-corrected chi connectivity index (χ4v) is 1.52. The van der Waals surface area contributed by atoms with Gasteiger partial charge in [-0.3, -0.25) is 9.48 Å². The molecule has 0 saturated carbocycles. The van der Waals surface area contributed by atoms with Crippen molar-refractivity contribution >= 4 is 11.6 Å². The smallest absolute Gasteiger partial charge is 0.435 e. The van der Waals surface area contributed by atoms with Crippen LogP contribution in [0.15, 0.2) is 30.6 Å². The molecule has 2 aromatic heterocycles. The number of hydrogen-bond donors (Lipinski definition) is 1. The van der Waals surface area contributed by atoms with E-state index >= 15 is 0 Å². The number of pyridine rings is 1. The molecule has 0 aliphatic heterocycles. The van der Waals surface area contributed by atoms with E-state index < -0.39 is 17.8 Å². The molecule has 112 valence electrons. The fraction of sp³-hybridized carbons (Fsp3) is 0.250. The van der Waals surface area contributed by atoms with Crippen LogP contribution in [0, 0.1) is 0 Å². The summed E-state index contributed by atoms with van der Waals surface area (Å²) in [4.78, 5) is 15.6. The van der Waals surface area contributed by atoms with Crippen molar-refractivity contribution < 1.29 is 22.7 Å². The molecule has 0 saturated heterocycles. The zero-order valence-corrected chi connectivity index (χ0v) is 10.9. The maximum atomic E-state index is 12.4. The zero-order chi connectivity index (χ0) is 15.5. The first-order valence-corrected chi connectivity index (χ1v) is 5.79. The zero-order valence-electron chi connectivity index (χ0n) is 10.9. The standard InChI is InChI=1S/C12H11F3N4O2/c1-21-11-3-2-8(6-16-11)17-10(20)7-19-5-4-9(18-19)12(13,14)15/h2-6H,7H2,1H3,(H,17,20). The molecule has 0 fully saturated rings. The molecule has 0 bridgehead atoms. The van der Waals surface area contributed by atoms with Crippen molar-refractivity contribution in [3.63, 3.8) is 0 Å². The monoisotopic (exact) mass is 300 g/mol. The molecule has 1 N–H and O–H groups in total. The number of nitrogens with one attached hydrogen (secondary N) is 1. The Hall–Kier alpha value is -2.58. The minimum Gasteiger partial charge on any atom is -0.481 e. The lowest BCUT2D eigenvalue weighted by molar-refractivity contribution is -0.141.